The molecule has 1 aliphatic heterocycles. The van der Waals surface area contributed by atoms with Gasteiger partial charge in [-0.15, -0.1) is 5.10 Å². The van der Waals surface area contributed by atoms with Crippen LogP contribution in [0.5, 0.6) is 0 Å². The van der Waals surface area contributed by atoms with Gasteiger partial charge >= 0.3 is 0 Å². The third-order valence-corrected chi connectivity index (χ3v) is 6.18. The first-order valence-electron chi connectivity index (χ1n) is 7.20. The second kappa shape index (κ2) is 5.18. The van der Waals surface area contributed by atoms with Crippen LogP contribution in [0, 0.1) is 0 Å². The van der Waals surface area contributed by atoms with E-state index in [1.165, 1.54) is 0 Å². The van der Waals surface area contributed by atoms with E-state index in [1.54, 1.807) is 22.9 Å². The molecule has 0 aliphatic carbocycles. The molecule has 1 aliphatic rings. The summed E-state index contributed by atoms with van der Waals surface area (Å²) in [4.78, 5) is 5.64. The summed E-state index contributed by atoms with van der Waals surface area (Å²) in [6.45, 7) is 1.97. The van der Waals surface area contributed by atoms with Gasteiger partial charge in [-0.05, 0) is 30.3 Å². The number of fused-ring (bicyclic) bond motifs is 3. The van der Waals surface area contributed by atoms with Crippen molar-refractivity contribution in [2.24, 2.45) is 4.36 Å². The van der Waals surface area contributed by atoms with E-state index in [0.29, 0.717) is 38.7 Å². The fourth-order valence-electron chi connectivity index (χ4n) is 2.55. The topological polar surface area (TPSA) is 60.1 Å². The highest BCUT2D eigenvalue weighted by atomic mass is 35.5. The number of aromatic nitrogens is 3. The van der Waals surface area contributed by atoms with E-state index in [0.717, 1.165) is 0 Å². The maximum absolute atomic E-state index is 13.7. The highest BCUT2D eigenvalue weighted by Crippen LogP contribution is 2.37. The van der Waals surface area contributed by atoms with Crippen molar-refractivity contribution >= 4 is 27.3 Å². The molecule has 1 unspecified atom stereocenters. The smallest absolute Gasteiger partial charge is 0.239 e. The van der Waals surface area contributed by atoms with E-state index in [1.807, 2.05) is 37.3 Å². The SMILES string of the molecule is CCc1nc2n(n1)-c1cc(Cl)ccc1S(=O)(c1ccccc1)=N2. The fraction of sp³-hybridized carbons (Fsp3) is 0.125. The standard InChI is InChI=1S/C16H13ClN4OS/c1-2-15-18-16-20-23(22,12-6-4-3-5-7-12)14-9-8-11(17)10-13(14)21(16)19-15/h3-10H,2H2,1H3. The van der Waals surface area contributed by atoms with Crippen LogP contribution in [0.2, 0.25) is 5.02 Å². The predicted molar refractivity (Wildman–Crippen MR) is 89.0 cm³/mol. The normalized spacial score (nSPS) is 18.9. The van der Waals surface area contributed by atoms with Gasteiger partial charge in [-0.2, -0.15) is 14.0 Å². The molecule has 0 fully saturated rings. The number of benzene rings is 2. The first-order valence-corrected chi connectivity index (χ1v) is 9.09. The molecular formula is C16H13ClN4OS. The van der Waals surface area contributed by atoms with Crippen molar-refractivity contribution in [3.63, 3.8) is 0 Å². The summed E-state index contributed by atoms with van der Waals surface area (Å²) in [5, 5.41) is 4.99. The van der Waals surface area contributed by atoms with Crippen LogP contribution < -0.4 is 0 Å². The summed E-state index contributed by atoms with van der Waals surface area (Å²) in [6.07, 6.45) is 0.679. The maximum Gasteiger partial charge on any atom is 0.261 e. The van der Waals surface area contributed by atoms with Crippen molar-refractivity contribution in [2.45, 2.75) is 23.1 Å². The van der Waals surface area contributed by atoms with E-state index in [4.69, 9.17) is 11.6 Å². The summed E-state index contributed by atoms with van der Waals surface area (Å²) < 4.78 is 19.8. The zero-order valence-corrected chi connectivity index (χ0v) is 13.9. The van der Waals surface area contributed by atoms with E-state index >= 15 is 0 Å². The molecule has 0 saturated heterocycles. The Kier molecular flexibility index (Phi) is 3.25. The van der Waals surface area contributed by atoms with E-state index in [2.05, 4.69) is 14.4 Å². The van der Waals surface area contributed by atoms with Crippen LogP contribution in [0.3, 0.4) is 0 Å². The minimum Gasteiger partial charge on any atom is -0.239 e. The van der Waals surface area contributed by atoms with Gasteiger partial charge in [-0.1, -0.05) is 36.7 Å². The van der Waals surface area contributed by atoms with Gasteiger partial charge in [0.05, 0.1) is 15.5 Å². The van der Waals surface area contributed by atoms with Crippen molar-refractivity contribution in [3.8, 4) is 5.69 Å². The van der Waals surface area contributed by atoms with Gasteiger partial charge < -0.3 is 0 Å². The van der Waals surface area contributed by atoms with Crippen LogP contribution in [0.15, 0.2) is 62.7 Å². The van der Waals surface area contributed by atoms with Gasteiger partial charge in [0, 0.05) is 11.4 Å². The Bertz CT molecular complexity index is 1020. The molecule has 1 aromatic heterocycles. The zero-order valence-electron chi connectivity index (χ0n) is 12.3. The van der Waals surface area contributed by atoms with Crippen LogP contribution in [0.25, 0.3) is 5.69 Å². The molecule has 0 saturated carbocycles. The highest BCUT2D eigenvalue weighted by Gasteiger charge is 2.28. The summed E-state index contributed by atoms with van der Waals surface area (Å²) >= 11 is 6.14. The zero-order chi connectivity index (χ0) is 16.0. The number of hydrogen-bond donors (Lipinski definition) is 0. The largest absolute Gasteiger partial charge is 0.261 e. The third kappa shape index (κ3) is 2.17. The Morgan fingerprint density at radius 2 is 1.96 bits per heavy atom. The van der Waals surface area contributed by atoms with Crippen LogP contribution in [0.1, 0.15) is 12.7 Å². The van der Waals surface area contributed by atoms with Crippen molar-refractivity contribution in [3.05, 3.63) is 59.4 Å². The number of hydrogen-bond acceptors (Lipinski definition) is 4. The second-order valence-electron chi connectivity index (χ2n) is 5.14. The molecule has 1 atom stereocenters. The number of rotatable bonds is 2. The Labute approximate surface area is 139 Å². The minimum absolute atomic E-state index is 0.352. The maximum atomic E-state index is 13.7. The van der Waals surface area contributed by atoms with Crippen molar-refractivity contribution < 1.29 is 4.21 Å². The molecule has 23 heavy (non-hydrogen) atoms. The van der Waals surface area contributed by atoms with E-state index < -0.39 is 9.73 Å². The molecule has 2 heterocycles. The molecule has 2 aromatic carbocycles. The van der Waals surface area contributed by atoms with Gasteiger partial charge in [-0.3, -0.25) is 0 Å². The molecule has 5 nitrogen and oxygen atoms in total. The molecule has 0 N–H and O–H groups in total. The lowest BCUT2D eigenvalue weighted by Crippen LogP contribution is -2.13. The highest BCUT2D eigenvalue weighted by molar-refractivity contribution is 7.94. The van der Waals surface area contributed by atoms with E-state index in [-0.39, 0.29) is 0 Å². The lowest BCUT2D eigenvalue weighted by Gasteiger charge is -2.19. The lowest BCUT2D eigenvalue weighted by atomic mass is 10.3. The molecule has 3 aromatic rings. The lowest BCUT2D eigenvalue weighted by molar-refractivity contribution is 0.672. The Balaban J connectivity index is 2.11. The molecule has 7 heteroatoms. The first kappa shape index (κ1) is 14.4. The number of halogens is 1. The van der Waals surface area contributed by atoms with Gasteiger partial charge in [0.15, 0.2) is 5.82 Å². The molecule has 0 radical (unpaired) electrons. The Morgan fingerprint density at radius 1 is 1.17 bits per heavy atom. The van der Waals surface area contributed by atoms with Gasteiger partial charge in [0.25, 0.3) is 5.95 Å². The second-order valence-corrected chi connectivity index (χ2v) is 7.72. The fourth-order valence-corrected chi connectivity index (χ4v) is 4.73. The van der Waals surface area contributed by atoms with Gasteiger partial charge in [-0.25, -0.2) is 4.21 Å². The van der Waals surface area contributed by atoms with Crippen molar-refractivity contribution in [2.75, 3.05) is 0 Å². The third-order valence-electron chi connectivity index (χ3n) is 3.67. The van der Waals surface area contributed by atoms with Crippen molar-refractivity contribution in [1.82, 2.24) is 14.8 Å². The molecule has 0 amide bonds. The summed E-state index contributed by atoms with van der Waals surface area (Å²) in [6, 6.07) is 14.5. The van der Waals surface area contributed by atoms with Crippen LogP contribution in [-0.2, 0) is 16.1 Å². The molecule has 0 bridgehead atoms. The number of nitrogens with zero attached hydrogens (tertiary/aromatic N) is 4. The monoisotopic (exact) mass is 344 g/mol. The quantitative estimate of drug-likeness (QED) is 0.552. The van der Waals surface area contributed by atoms with Crippen LogP contribution in [0.4, 0.5) is 5.95 Å². The summed E-state index contributed by atoms with van der Waals surface area (Å²) in [5.74, 6) is 1.01. The van der Waals surface area contributed by atoms with Crippen LogP contribution in [-0.4, -0.2) is 19.0 Å². The molecular weight excluding hydrogens is 332 g/mol. The first-order chi connectivity index (χ1) is 11.1. The predicted octanol–water partition coefficient (Wildman–Crippen LogP) is 4.01. The van der Waals surface area contributed by atoms with E-state index in [9.17, 15) is 4.21 Å². The minimum atomic E-state index is -2.81. The molecule has 4 rings (SSSR count). The van der Waals surface area contributed by atoms with Gasteiger partial charge in [0.2, 0.25) is 0 Å². The summed E-state index contributed by atoms with van der Waals surface area (Å²) in [7, 11) is -2.81. The summed E-state index contributed by atoms with van der Waals surface area (Å²) in [5.41, 5.74) is 0.670. The molecule has 0 spiro atoms. The molecule has 116 valence electrons. The van der Waals surface area contributed by atoms with Gasteiger partial charge in [0.1, 0.15) is 9.73 Å². The average molecular weight is 345 g/mol. The Hall–Kier alpha value is -2.18. The Morgan fingerprint density at radius 3 is 2.70 bits per heavy atom. The van der Waals surface area contributed by atoms with Crippen molar-refractivity contribution in [1.29, 1.82) is 0 Å². The average Bonchev–Trinajstić information content (AvgIpc) is 2.98. The number of aryl methyl sites for hydroxylation is 1. The van der Waals surface area contributed by atoms with Crippen LogP contribution >= 0.6 is 11.6 Å².